The third-order valence-corrected chi connectivity index (χ3v) is 4.85. The Morgan fingerprint density at radius 3 is 3.00 bits per heavy atom. The molecule has 1 aromatic heterocycles. The van der Waals surface area contributed by atoms with Crippen molar-refractivity contribution in [3.8, 4) is 0 Å². The number of nitrogens with one attached hydrogen (secondary N) is 1. The van der Waals surface area contributed by atoms with Gasteiger partial charge in [-0.05, 0) is 35.8 Å². The number of amides is 1. The van der Waals surface area contributed by atoms with Gasteiger partial charge in [0.1, 0.15) is 5.01 Å². The number of carbonyl (C=O) groups excluding carboxylic acids is 1. The van der Waals surface area contributed by atoms with Crippen LogP contribution in [0.15, 0.2) is 24.3 Å². The summed E-state index contributed by atoms with van der Waals surface area (Å²) in [5.41, 5.74) is 2.71. The number of anilines is 1. The van der Waals surface area contributed by atoms with Crippen molar-refractivity contribution in [1.82, 2.24) is 10.2 Å². The molecule has 1 aromatic carbocycles. The molecule has 1 N–H and O–H groups in total. The van der Waals surface area contributed by atoms with E-state index in [0.29, 0.717) is 23.4 Å². The first kappa shape index (κ1) is 15.2. The minimum atomic E-state index is 0.0361. The van der Waals surface area contributed by atoms with Gasteiger partial charge < -0.3 is 5.32 Å². The average molecular weight is 315 g/mol. The minimum Gasteiger partial charge on any atom is -0.301 e. The number of aromatic nitrogens is 2. The van der Waals surface area contributed by atoms with Crippen molar-refractivity contribution in [3.05, 3.63) is 40.4 Å². The standard InChI is InChI=1S/C17H21N3OS/c1-11(2)9-16-19-20-17(22-16)18-15(21)10-13-8-7-12-5-3-4-6-14(12)13/h3-6,11,13H,7-10H2,1-2H3,(H,18,20,21). The van der Waals surface area contributed by atoms with Gasteiger partial charge in [-0.3, -0.25) is 4.79 Å². The van der Waals surface area contributed by atoms with E-state index in [1.807, 2.05) is 0 Å². The summed E-state index contributed by atoms with van der Waals surface area (Å²) in [7, 11) is 0. The van der Waals surface area contributed by atoms with Crippen LogP contribution in [0, 0.1) is 5.92 Å². The summed E-state index contributed by atoms with van der Waals surface area (Å²) >= 11 is 1.48. The van der Waals surface area contributed by atoms with Crippen molar-refractivity contribution in [1.29, 1.82) is 0 Å². The molecule has 0 aliphatic heterocycles. The second kappa shape index (κ2) is 6.57. The van der Waals surface area contributed by atoms with E-state index in [9.17, 15) is 4.79 Å². The van der Waals surface area contributed by atoms with E-state index in [0.717, 1.165) is 24.3 Å². The van der Waals surface area contributed by atoms with E-state index >= 15 is 0 Å². The van der Waals surface area contributed by atoms with Crippen molar-refractivity contribution >= 4 is 22.4 Å². The molecule has 116 valence electrons. The molecule has 5 heteroatoms. The van der Waals surface area contributed by atoms with Crippen LogP contribution in [-0.2, 0) is 17.6 Å². The van der Waals surface area contributed by atoms with E-state index in [1.54, 1.807) is 0 Å². The highest BCUT2D eigenvalue weighted by atomic mass is 32.1. The van der Waals surface area contributed by atoms with Crippen molar-refractivity contribution < 1.29 is 4.79 Å². The van der Waals surface area contributed by atoms with E-state index in [4.69, 9.17) is 0 Å². The number of aryl methyl sites for hydroxylation is 1. The molecule has 4 nitrogen and oxygen atoms in total. The maximum absolute atomic E-state index is 12.2. The lowest BCUT2D eigenvalue weighted by Gasteiger charge is -2.10. The third-order valence-electron chi connectivity index (χ3n) is 3.98. The largest absolute Gasteiger partial charge is 0.301 e. The Balaban J connectivity index is 1.58. The minimum absolute atomic E-state index is 0.0361. The number of benzene rings is 1. The van der Waals surface area contributed by atoms with E-state index in [2.05, 4.69) is 53.6 Å². The molecule has 0 saturated carbocycles. The molecule has 1 amide bonds. The van der Waals surface area contributed by atoms with Crippen LogP contribution in [0.3, 0.4) is 0 Å². The number of hydrogen-bond acceptors (Lipinski definition) is 4. The normalized spacial score (nSPS) is 16.8. The van der Waals surface area contributed by atoms with Crippen molar-refractivity contribution in [2.75, 3.05) is 5.32 Å². The summed E-state index contributed by atoms with van der Waals surface area (Å²) < 4.78 is 0. The van der Waals surface area contributed by atoms with Crippen LogP contribution in [0.5, 0.6) is 0 Å². The molecule has 0 fully saturated rings. The zero-order chi connectivity index (χ0) is 15.5. The Hall–Kier alpha value is -1.75. The Bertz CT molecular complexity index is 665. The molecule has 0 saturated heterocycles. The number of rotatable bonds is 5. The van der Waals surface area contributed by atoms with Crippen LogP contribution in [0.4, 0.5) is 5.13 Å². The SMILES string of the molecule is CC(C)Cc1nnc(NC(=O)CC2CCc3ccccc32)s1. The molecular weight excluding hydrogens is 294 g/mol. The predicted molar refractivity (Wildman–Crippen MR) is 89.2 cm³/mol. The van der Waals surface area contributed by atoms with Gasteiger partial charge in [0.05, 0.1) is 0 Å². The Morgan fingerprint density at radius 1 is 1.36 bits per heavy atom. The molecule has 0 spiro atoms. The lowest BCUT2D eigenvalue weighted by molar-refractivity contribution is -0.116. The van der Waals surface area contributed by atoms with Gasteiger partial charge in [0, 0.05) is 12.8 Å². The summed E-state index contributed by atoms with van der Waals surface area (Å²) in [5.74, 6) is 0.916. The van der Waals surface area contributed by atoms with Crippen molar-refractivity contribution in [2.45, 2.75) is 45.4 Å². The zero-order valence-electron chi connectivity index (χ0n) is 13.0. The fraction of sp³-hybridized carbons (Fsp3) is 0.471. The van der Waals surface area contributed by atoms with Crippen LogP contribution < -0.4 is 5.32 Å². The highest BCUT2D eigenvalue weighted by Crippen LogP contribution is 2.35. The van der Waals surface area contributed by atoms with E-state index in [-0.39, 0.29) is 5.91 Å². The first-order chi connectivity index (χ1) is 10.6. The molecule has 1 atom stereocenters. The molecule has 1 aliphatic rings. The summed E-state index contributed by atoms with van der Waals surface area (Å²) in [6.07, 6.45) is 3.56. The molecular formula is C17H21N3OS. The molecule has 22 heavy (non-hydrogen) atoms. The number of fused-ring (bicyclic) bond motifs is 1. The first-order valence-corrected chi connectivity index (χ1v) is 8.63. The van der Waals surface area contributed by atoms with Gasteiger partial charge in [-0.2, -0.15) is 0 Å². The molecule has 3 rings (SSSR count). The maximum Gasteiger partial charge on any atom is 0.226 e. The molecule has 0 radical (unpaired) electrons. The predicted octanol–water partition coefficient (Wildman–Crippen LogP) is 3.80. The van der Waals surface area contributed by atoms with Crippen LogP contribution >= 0.6 is 11.3 Å². The average Bonchev–Trinajstić information content (AvgIpc) is 3.06. The first-order valence-electron chi connectivity index (χ1n) is 7.82. The van der Waals surface area contributed by atoms with Gasteiger partial charge in [-0.25, -0.2) is 0 Å². The number of nitrogens with zero attached hydrogens (tertiary/aromatic N) is 2. The lowest BCUT2D eigenvalue weighted by atomic mass is 9.97. The summed E-state index contributed by atoms with van der Waals surface area (Å²) in [4.78, 5) is 12.2. The monoisotopic (exact) mass is 315 g/mol. The molecule has 0 bridgehead atoms. The Kier molecular flexibility index (Phi) is 4.52. The third kappa shape index (κ3) is 3.53. The molecule has 2 aromatic rings. The van der Waals surface area contributed by atoms with Gasteiger partial charge in [0.25, 0.3) is 0 Å². The van der Waals surface area contributed by atoms with E-state index in [1.165, 1.54) is 22.5 Å². The molecule has 1 unspecified atom stereocenters. The van der Waals surface area contributed by atoms with Crippen molar-refractivity contribution in [3.63, 3.8) is 0 Å². The van der Waals surface area contributed by atoms with Gasteiger partial charge in [0.15, 0.2) is 0 Å². The van der Waals surface area contributed by atoms with Gasteiger partial charge in [-0.1, -0.05) is 49.4 Å². The second-order valence-electron chi connectivity index (χ2n) is 6.29. The molecule has 1 heterocycles. The number of hydrogen-bond donors (Lipinski definition) is 1. The highest BCUT2D eigenvalue weighted by molar-refractivity contribution is 7.15. The smallest absolute Gasteiger partial charge is 0.226 e. The van der Waals surface area contributed by atoms with Gasteiger partial charge in [-0.15, -0.1) is 10.2 Å². The second-order valence-corrected chi connectivity index (χ2v) is 7.35. The van der Waals surface area contributed by atoms with Gasteiger partial charge in [0.2, 0.25) is 11.0 Å². The highest BCUT2D eigenvalue weighted by Gasteiger charge is 2.24. The van der Waals surface area contributed by atoms with Crippen LogP contribution in [0.25, 0.3) is 0 Å². The number of carbonyl (C=O) groups is 1. The maximum atomic E-state index is 12.2. The van der Waals surface area contributed by atoms with Crippen LogP contribution in [0.2, 0.25) is 0 Å². The summed E-state index contributed by atoms with van der Waals surface area (Å²) in [5, 5.41) is 12.7. The Labute approximate surface area is 135 Å². The van der Waals surface area contributed by atoms with Crippen LogP contribution in [-0.4, -0.2) is 16.1 Å². The van der Waals surface area contributed by atoms with Crippen molar-refractivity contribution in [2.24, 2.45) is 5.92 Å². The Morgan fingerprint density at radius 2 is 2.18 bits per heavy atom. The fourth-order valence-electron chi connectivity index (χ4n) is 2.99. The van der Waals surface area contributed by atoms with Crippen LogP contribution in [0.1, 0.15) is 48.7 Å². The van der Waals surface area contributed by atoms with E-state index < -0.39 is 0 Å². The topological polar surface area (TPSA) is 54.9 Å². The summed E-state index contributed by atoms with van der Waals surface area (Å²) in [6.45, 7) is 4.30. The zero-order valence-corrected chi connectivity index (χ0v) is 13.8. The molecule has 1 aliphatic carbocycles. The lowest BCUT2D eigenvalue weighted by Crippen LogP contribution is -2.14. The quantitative estimate of drug-likeness (QED) is 0.913. The summed E-state index contributed by atoms with van der Waals surface area (Å²) in [6, 6.07) is 8.43. The fourth-order valence-corrected chi connectivity index (χ4v) is 3.96. The van der Waals surface area contributed by atoms with Gasteiger partial charge >= 0.3 is 0 Å².